The molecule has 0 amide bonds. The van der Waals surface area contributed by atoms with Crippen LogP contribution in [0.25, 0.3) is 0 Å². The summed E-state index contributed by atoms with van der Waals surface area (Å²) in [5, 5.41) is 0. The van der Waals surface area contributed by atoms with E-state index in [4.69, 9.17) is 0 Å². The Morgan fingerprint density at radius 2 is 1.85 bits per heavy atom. The highest BCUT2D eigenvalue weighted by Gasteiger charge is 2.48. The maximum atomic E-state index is 14.7. The van der Waals surface area contributed by atoms with Gasteiger partial charge in [0.1, 0.15) is 4.75 Å². The fourth-order valence-corrected chi connectivity index (χ4v) is 2.42. The smallest absolute Gasteiger partial charge is 0.293 e. The average molecular weight is 372 g/mol. The summed E-state index contributed by atoms with van der Waals surface area (Å²) in [6.45, 7) is 6.40. The summed E-state index contributed by atoms with van der Waals surface area (Å²) in [6.07, 6.45) is -3.34. The Labute approximate surface area is 128 Å². The molecule has 0 saturated heterocycles. The quantitative estimate of drug-likeness (QED) is 0.635. The molecule has 1 N–H and O–H groups in total. The molecule has 0 aliphatic carbocycles. The highest BCUT2D eigenvalue weighted by atomic mass is 79.9. The molecule has 1 rings (SSSR count). The van der Waals surface area contributed by atoms with Crippen molar-refractivity contribution in [2.24, 2.45) is 0 Å². The fraction of sp³-hybridized carbons (Fsp3) is 0.538. The van der Waals surface area contributed by atoms with Crippen LogP contribution < -0.4 is 4.72 Å². The van der Waals surface area contributed by atoms with Crippen molar-refractivity contribution in [1.82, 2.24) is 4.72 Å². The lowest BCUT2D eigenvalue weighted by molar-refractivity contribution is -0.0477. The molecular weight excluding hydrogens is 355 g/mol. The predicted molar refractivity (Wildman–Crippen MR) is 78.7 cm³/mol. The first-order valence-electron chi connectivity index (χ1n) is 5.92. The molecule has 0 heterocycles. The van der Waals surface area contributed by atoms with Gasteiger partial charge in [-0.3, -0.25) is 0 Å². The van der Waals surface area contributed by atoms with E-state index in [0.29, 0.717) is 10.0 Å². The minimum Gasteiger partial charge on any atom is -0.598 e. The lowest BCUT2D eigenvalue weighted by Gasteiger charge is -2.31. The first-order valence-corrected chi connectivity index (χ1v) is 7.86. The van der Waals surface area contributed by atoms with Crippen molar-refractivity contribution in [3.8, 4) is 0 Å². The van der Waals surface area contributed by atoms with Crippen LogP contribution in [0.1, 0.15) is 31.9 Å². The molecule has 0 bridgehead atoms. The van der Waals surface area contributed by atoms with Gasteiger partial charge in [-0.2, -0.15) is 0 Å². The number of hydrogen-bond acceptors (Lipinski definition) is 2. The van der Waals surface area contributed by atoms with E-state index in [-0.39, 0.29) is 5.56 Å². The molecule has 0 aromatic heterocycles. The van der Waals surface area contributed by atoms with E-state index in [0.717, 1.165) is 0 Å². The Hall–Kier alpha value is -0.240. The van der Waals surface area contributed by atoms with Gasteiger partial charge in [-0.05, 0) is 39.3 Å². The van der Waals surface area contributed by atoms with E-state index in [1.54, 1.807) is 27.7 Å². The van der Waals surface area contributed by atoms with Gasteiger partial charge < -0.3 is 4.55 Å². The van der Waals surface area contributed by atoms with Crippen molar-refractivity contribution in [2.75, 3.05) is 0 Å². The normalized spacial score (nSPS) is 17.1. The lowest BCUT2D eigenvalue weighted by atomic mass is 10.0. The zero-order chi connectivity index (χ0) is 15.7. The Balaban J connectivity index is 3.18. The molecule has 1 unspecified atom stereocenters. The highest BCUT2D eigenvalue weighted by Crippen LogP contribution is 2.34. The Bertz CT molecular complexity index is 481. The van der Waals surface area contributed by atoms with Crippen LogP contribution in [0.3, 0.4) is 0 Å². The third kappa shape index (κ3) is 3.90. The van der Waals surface area contributed by atoms with Gasteiger partial charge in [0.15, 0.2) is 0 Å². The van der Waals surface area contributed by atoms with Crippen LogP contribution in [-0.4, -0.2) is 15.7 Å². The average Bonchev–Trinajstić information content (AvgIpc) is 2.30. The summed E-state index contributed by atoms with van der Waals surface area (Å²) in [6, 6.07) is 4.04. The fourth-order valence-electron chi connectivity index (χ4n) is 1.39. The van der Waals surface area contributed by atoms with E-state index in [1.165, 1.54) is 18.2 Å². The number of halogens is 4. The maximum Gasteiger partial charge on any atom is 0.293 e. The molecule has 0 aliphatic rings. The lowest BCUT2D eigenvalue weighted by Crippen LogP contribution is -2.52. The third-order valence-corrected chi connectivity index (χ3v) is 5.16. The van der Waals surface area contributed by atoms with Gasteiger partial charge >= 0.3 is 0 Å². The van der Waals surface area contributed by atoms with Gasteiger partial charge in [-0.15, -0.1) is 0 Å². The predicted octanol–water partition coefficient (Wildman–Crippen LogP) is 4.20. The van der Waals surface area contributed by atoms with Gasteiger partial charge in [-0.1, -0.05) is 32.8 Å². The zero-order valence-corrected chi connectivity index (χ0v) is 14.0. The van der Waals surface area contributed by atoms with Crippen molar-refractivity contribution in [1.29, 1.82) is 0 Å². The third-order valence-electron chi connectivity index (χ3n) is 2.68. The summed E-state index contributed by atoms with van der Waals surface area (Å²) < 4.78 is 54.7. The molecule has 0 saturated carbocycles. The summed E-state index contributed by atoms with van der Waals surface area (Å²) in [5.41, 5.74) is 0.374. The van der Waals surface area contributed by atoms with Crippen molar-refractivity contribution in [3.05, 3.63) is 33.8 Å². The van der Waals surface area contributed by atoms with Crippen LogP contribution in [-0.2, 0) is 17.2 Å². The number of aryl methyl sites for hydroxylation is 1. The molecule has 1 aromatic carbocycles. The number of hydrogen-bond donors (Lipinski definition) is 1. The van der Waals surface area contributed by atoms with Gasteiger partial charge in [0.25, 0.3) is 12.2 Å². The van der Waals surface area contributed by atoms with E-state index < -0.39 is 28.3 Å². The number of alkyl halides is 3. The second kappa shape index (κ2) is 6.25. The number of benzene rings is 1. The van der Waals surface area contributed by atoms with Crippen molar-refractivity contribution in [2.45, 2.75) is 44.7 Å². The molecule has 1 aromatic rings. The topological polar surface area (TPSA) is 35.1 Å². The molecule has 0 radical (unpaired) electrons. The van der Waals surface area contributed by atoms with E-state index in [9.17, 15) is 17.7 Å². The van der Waals surface area contributed by atoms with Gasteiger partial charge in [0.05, 0.1) is 0 Å². The Kier molecular flexibility index (Phi) is 5.57. The van der Waals surface area contributed by atoms with E-state index in [2.05, 4.69) is 15.9 Å². The first-order chi connectivity index (χ1) is 8.98. The van der Waals surface area contributed by atoms with Crippen molar-refractivity contribution in [3.63, 3.8) is 0 Å². The first kappa shape index (κ1) is 17.8. The summed E-state index contributed by atoms with van der Waals surface area (Å²) in [7, 11) is 0. The van der Waals surface area contributed by atoms with E-state index >= 15 is 0 Å². The highest BCUT2D eigenvalue weighted by molar-refractivity contribution is 9.10. The number of rotatable bonds is 4. The minimum absolute atomic E-state index is 0.245. The second-order valence-corrected chi connectivity index (χ2v) is 8.28. The SMILES string of the molecule is Cc1cc(C(F)(N[S@+]([O-])C(C)(C)C)C(F)F)ccc1Br. The van der Waals surface area contributed by atoms with Gasteiger partial charge in [0.2, 0.25) is 0 Å². The molecular formula is C13H17BrF3NOS. The van der Waals surface area contributed by atoms with Crippen molar-refractivity contribution >= 4 is 27.3 Å². The molecule has 114 valence electrons. The number of nitrogens with one attached hydrogen (secondary N) is 1. The van der Waals surface area contributed by atoms with Crippen LogP contribution in [0.2, 0.25) is 0 Å². The van der Waals surface area contributed by atoms with Crippen LogP contribution in [0.5, 0.6) is 0 Å². The molecule has 7 heteroatoms. The van der Waals surface area contributed by atoms with Crippen molar-refractivity contribution < 1.29 is 17.7 Å². The second-order valence-electron chi connectivity index (χ2n) is 5.46. The Morgan fingerprint density at radius 1 is 1.30 bits per heavy atom. The zero-order valence-electron chi connectivity index (χ0n) is 11.6. The van der Waals surface area contributed by atoms with Crippen LogP contribution in [0, 0.1) is 6.92 Å². The molecule has 0 spiro atoms. The summed E-state index contributed by atoms with van der Waals surface area (Å²) in [4.78, 5) is 0. The largest absolute Gasteiger partial charge is 0.598 e. The van der Waals surface area contributed by atoms with Gasteiger partial charge in [-0.25, -0.2) is 13.2 Å². The molecule has 0 aliphatic heterocycles. The Morgan fingerprint density at radius 3 is 2.25 bits per heavy atom. The molecule has 2 atom stereocenters. The van der Waals surface area contributed by atoms with Crippen LogP contribution in [0.15, 0.2) is 22.7 Å². The molecule has 20 heavy (non-hydrogen) atoms. The van der Waals surface area contributed by atoms with Crippen LogP contribution in [0.4, 0.5) is 13.2 Å². The minimum atomic E-state index is -3.34. The standard InChI is InChI=1S/C13H17BrF3NOS/c1-8-7-9(5-6-10(8)14)13(17,11(15)16)18-20(19)12(2,3)4/h5-7,11,18H,1-4H3/t13?,20-/m1/s1. The molecule has 2 nitrogen and oxygen atoms in total. The van der Waals surface area contributed by atoms with E-state index in [1.807, 2.05) is 4.72 Å². The van der Waals surface area contributed by atoms with Crippen LogP contribution >= 0.6 is 15.9 Å². The monoisotopic (exact) mass is 371 g/mol. The summed E-state index contributed by atoms with van der Waals surface area (Å²) in [5.74, 6) is -3.15. The summed E-state index contributed by atoms with van der Waals surface area (Å²) >= 11 is 1.27. The van der Waals surface area contributed by atoms with Gasteiger partial charge in [0, 0.05) is 21.4 Å². The maximum absolute atomic E-state index is 14.7. The molecule has 0 fully saturated rings.